The molecule has 0 aliphatic rings. The van der Waals surface area contributed by atoms with Crippen molar-refractivity contribution in [2.75, 3.05) is 6.61 Å². The number of rotatable bonds is 9. The van der Waals surface area contributed by atoms with Gasteiger partial charge in [-0.05, 0) is 12.5 Å². The van der Waals surface area contributed by atoms with Crippen molar-refractivity contribution in [3.8, 4) is 11.5 Å². The van der Waals surface area contributed by atoms with Crippen LogP contribution in [0, 0.1) is 10.1 Å². The number of hydrogen-bond donors (Lipinski definition) is 1. The van der Waals surface area contributed by atoms with Crippen molar-refractivity contribution in [3.05, 3.63) is 38.7 Å². The predicted molar refractivity (Wildman–Crippen MR) is 96.4 cm³/mol. The summed E-state index contributed by atoms with van der Waals surface area (Å²) in [7, 11) is 1.51. The Labute approximate surface area is 146 Å². The number of unbranched alkanes of at least 4 members (excludes halogenated alkanes) is 5. The Morgan fingerprint density at radius 3 is 2.56 bits per heavy atom. The summed E-state index contributed by atoms with van der Waals surface area (Å²) in [4.78, 5) is 22.8. The van der Waals surface area contributed by atoms with E-state index in [4.69, 9.17) is 4.74 Å². The lowest BCUT2D eigenvalue weighted by molar-refractivity contribution is -0.384. The molecule has 1 aromatic heterocycles. The van der Waals surface area contributed by atoms with Crippen molar-refractivity contribution in [1.82, 2.24) is 4.57 Å². The fourth-order valence-corrected chi connectivity index (χ4v) is 2.78. The van der Waals surface area contributed by atoms with E-state index in [1.807, 2.05) is 0 Å². The van der Waals surface area contributed by atoms with Gasteiger partial charge in [0.1, 0.15) is 0 Å². The minimum absolute atomic E-state index is 0.0996. The van der Waals surface area contributed by atoms with E-state index in [0.717, 1.165) is 19.3 Å². The van der Waals surface area contributed by atoms with Crippen LogP contribution < -0.4 is 10.3 Å². The molecular weight excluding hydrogens is 324 g/mol. The molecule has 7 heteroatoms. The molecule has 2 aromatic rings. The zero-order chi connectivity index (χ0) is 18.4. The molecule has 0 radical (unpaired) electrons. The molecule has 0 aliphatic carbocycles. The predicted octanol–water partition coefficient (Wildman–Crippen LogP) is 3.89. The number of fused-ring (bicyclic) bond motifs is 1. The highest BCUT2D eigenvalue weighted by Gasteiger charge is 2.18. The first-order chi connectivity index (χ1) is 12.0. The van der Waals surface area contributed by atoms with Gasteiger partial charge in [0.25, 0.3) is 11.2 Å². The highest BCUT2D eigenvalue weighted by Crippen LogP contribution is 2.33. The first-order valence-electron chi connectivity index (χ1n) is 8.60. The first-order valence-corrected chi connectivity index (χ1v) is 8.60. The number of ether oxygens (including phenoxy) is 1. The number of nitro groups is 1. The van der Waals surface area contributed by atoms with Crippen molar-refractivity contribution in [3.63, 3.8) is 0 Å². The quantitative estimate of drug-likeness (QED) is 0.421. The Morgan fingerprint density at radius 2 is 1.88 bits per heavy atom. The lowest BCUT2D eigenvalue weighted by atomic mass is 10.1. The maximum atomic E-state index is 12.4. The number of aryl methyl sites for hydroxylation is 1. The fourth-order valence-electron chi connectivity index (χ4n) is 2.78. The smallest absolute Gasteiger partial charge is 0.297 e. The molecule has 0 aliphatic heterocycles. The maximum Gasteiger partial charge on any atom is 0.297 e. The molecule has 2 rings (SSSR count). The Kier molecular flexibility index (Phi) is 6.38. The lowest BCUT2D eigenvalue weighted by Gasteiger charge is -2.12. The second-order valence-corrected chi connectivity index (χ2v) is 6.12. The number of hydrogen-bond acceptors (Lipinski definition) is 5. The van der Waals surface area contributed by atoms with Crippen LogP contribution in [0.15, 0.2) is 23.0 Å². The third-order valence-corrected chi connectivity index (χ3v) is 4.27. The van der Waals surface area contributed by atoms with E-state index >= 15 is 0 Å². The van der Waals surface area contributed by atoms with Crippen LogP contribution in [-0.4, -0.2) is 21.2 Å². The highest BCUT2D eigenvalue weighted by molar-refractivity contribution is 5.89. The Morgan fingerprint density at radius 1 is 1.20 bits per heavy atom. The molecule has 0 unspecified atom stereocenters. The third kappa shape index (κ3) is 4.29. The van der Waals surface area contributed by atoms with E-state index in [0.29, 0.717) is 17.5 Å². The summed E-state index contributed by atoms with van der Waals surface area (Å²) < 4.78 is 6.79. The van der Waals surface area contributed by atoms with Crippen LogP contribution in [0.25, 0.3) is 10.9 Å². The van der Waals surface area contributed by atoms with Gasteiger partial charge in [0.15, 0.2) is 5.75 Å². The minimum atomic E-state index is -0.538. The van der Waals surface area contributed by atoms with Crippen LogP contribution >= 0.6 is 0 Å². The van der Waals surface area contributed by atoms with E-state index in [9.17, 15) is 20.0 Å². The topological polar surface area (TPSA) is 94.6 Å². The van der Waals surface area contributed by atoms with E-state index in [1.165, 1.54) is 49.1 Å². The number of aromatic nitrogens is 1. The standard InChI is InChI=1S/C18H24N2O5/c1-3-4-5-6-7-8-11-25-17-16(21)14-10-9-13(20(23)24)12-15(14)19(2)18(17)22/h9-10,12,21H,3-8,11H2,1-2H3. The van der Waals surface area contributed by atoms with E-state index in [-0.39, 0.29) is 17.2 Å². The van der Waals surface area contributed by atoms with Gasteiger partial charge >= 0.3 is 0 Å². The SMILES string of the molecule is CCCCCCCCOc1c(O)c2ccc([N+](=O)[O-])cc2n(C)c1=O. The summed E-state index contributed by atoms with van der Waals surface area (Å²) in [6.07, 6.45) is 6.56. The molecule has 0 atom stereocenters. The van der Waals surface area contributed by atoms with Crippen LogP contribution in [0.1, 0.15) is 45.4 Å². The summed E-state index contributed by atoms with van der Waals surface area (Å²) in [5, 5.41) is 21.6. The van der Waals surface area contributed by atoms with Gasteiger partial charge in [0.05, 0.1) is 17.0 Å². The van der Waals surface area contributed by atoms with Crippen molar-refractivity contribution >= 4 is 16.6 Å². The Balaban J connectivity index is 2.17. The molecule has 0 spiro atoms. The van der Waals surface area contributed by atoms with Crippen molar-refractivity contribution in [2.45, 2.75) is 45.4 Å². The monoisotopic (exact) mass is 348 g/mol. The van der Waals surface area contributed by atoms with Gasteiger partial charge in [0.2, 0.25) is 5.75 Å². The van der Waals surface area contributed by atoms with E-state index < -0.39 is 10.5 Å². The lowest BCUT2D eigenvalue weighted by Crippen LogP contribution is -2.20. The molecule has 7 nitrogen and oxygen atoms in total. The number of pyridine rings is 1. The summed E-state index contributed by atoms with van der Waals surface area (Å²) in [5.74, 6) is -0.364. The second kappa shape index (κ2) is 8.50. The highest BCUT2D eigenvalue weighted by atomic mass is 16.6. The van der Waals surface area contributed by atoms with Gasteiger partial charge in [-0.15, -0.1) is 0 Å². The molecule has 0 bridgehead atoms. The zero-order valence-corrected chi connectivity index (χ0v) is 14.7. The van der Waals surface area contributed by atoms with Crippen LogP contribution in [0.5, 0.6) is 11.5 Å². The van der Waals surface area contributed by atoms with Crippen molar-refractivity contribution < 1.29 is 14.8 Å². The summed E-state index contributed by atoms with van der Waals surface area (Å²) in [6.45, 7) is 2.52. The van der Waals surface area contributed by atoms with Gasteiger partial charge < -0.3 is 14.4 Å². The molecule has 1 heterocycles. The normalized spacial score (nSPS) is 11.0. The largest absolute Gasteiger partial charge is 0.504 e. The average Bonchev–Trinajstić information content (AvgIpc) is 2.61. The summed E-state index contributed by atoms with van der Waals surface area (Å²) >= 11 is 0. The Hall–Kier alpha value is -2.57. The zero-order valence-electron chi connectivity index (χ0n) is 14.7. The van der Waals surface area contributed by atoms with Gasteiger partial charge in [-0.25, -0.2) is 0 Å². The second-order valence-electron chi connectivity index (χ2n) is 6.12. The number of benzene rings is 1. The summed E-state index contributed by atoms with van der Waals surface area (Å²) in [6, 6.07) is 4.00. The van der Waals surface area contributed by atoms with Crippen LogP contribution in [0.2, 0.25) is 0 Å². The van der Waals surface area contributed by atoms with Crippen molar-refractivity contribution in [1.29, 1.82) is 0 Å². The third-order valence-electron chi connectivity index (χ3n) is 4.27. The fraction of sp³-hybridized carbons (Fsp3) is 0.500. The maximum absolute atomic E-state index is 12.4. The molecule has 1 N–H and O–H groups in total. The van der Waals surface area contributed by atoms with Gasteiger partial charge in [-0.2, -0.15) is 0 Å². The molecule has 0 fully saturated rings. The van der Waals surface area contributed by atoms with Gasteiger partial charge in [-0.3, -0.25) is 14.9 Å². The molecular formula is C18H24N2O5. The molecule has 0 amide bonds. The minimum Gasteiger partial charge on any atom is -0.504 e. The molecule has 136 valence electrons. The Bertz CT molecular complexity index is 813. The first kappa shape index (κ1) is 18.8. The molecule has 0 saturated carbocycles. The molecule has 0 saturated heterocycles. The van der Waals surface area contributed by atoms with Crippen LogP contribution in [0.4, 0.5) is 5.69 Å². The van der Waals surface area contributed by atoms with Crippen LogP contribution in [-0.2, 0) is 7.05 Å². The molecule has 25 heavy (non-hydrogen) atoms. The molecule has 1 aromatic carbocycles. The number of nitro benzene ring substituents is 1. The van der Waals surface area contributed by atoms with E-state index in [2.05, 4.69) is 6.92 Å². The van der Waals surface area contributed by atoms with Gasteiger partial charge in [0, 0.05) is 24.6 Å². The number of nitrogens with zero attached hydrogens (tertiary/aromatic N) is 2. The van der Waals surface area contributed by atoms with Crippen LogP contribution in [0.3, 0.4) is 0 Å². The van der Waals surface area contributed by atoms with E-state index in [1.54, 1.807) is 0 Å². The number of non-ortho nitro benzene ring substituents is 1. The number of aromatic hydroxyl groups is 1. The van der Waals surface area contributed by atoms with Crippen molar-refractivity contribution in [2.24, 2.45) is 7.05 Å². The average molecular weight is 348 g/mol. The summed E-state index contributed by atoms with van der Waals surface area (Å²) in [5.41, 5.74) is -0.345. The van der Waals surface area contributed by atoms with Gasteiger partial charge in [-0.1, -0.05) is 39.0 Å².